The highest BCUT2D eigenvalue weighted by Crippen LogP contribution is 2.26. The first-order valence-corrected chi connectivity index (χ1v) is 8.20. The van der Waals surface area contributed by atoms with Crippen molar-refractivity contribution in [2.75, 3.05) is 24.6 Å². The minimum Gasteiger partial charge on any atom is -0.293 e. The highest BCUT2D eigenvalue weighted by molar-refractivity contribution is 7.99. The molecule has 0 N–H and O–H groups in total. The van der Waals surface area contributed by atoms with Gasteiger partial charge in [0, 0.05) is 17.7 Å². The van der Waals surface area contributed by atoms with E-state index in [-0.39, 0.29) is 0 Å². The van der Waals surface area contributed by atoms with E-state index < -0.39 is 0 Å². The summed E-state index contributed by atoms with van der Waals surface area (Å²) >= 11 is 9.58. The predicted molar refractivity (Wildman–Crippen MR) is 73.6 cm³/mol. The number of alkyl halides is 1. The Balaban J connectivity index is 2.01. The second-order valence-electron chi connectivity index (χ2n) is 3.99. The Hall–Kier alpha value is 0.230. The van der Waals surface area contributed by atoms with Crippen LogP contribution in [-0.4, -0.2) is 34.5 Å². The lowest BCUT2D eigenvalue weighted by Gasteiger charge is -2.25. The van der Waals surface area contributed by atoms with Crippen molar-refractivity contribution in [3.63, 3.8) is 0 Å². The first kappa shape index (κ1) is 12.7. The van der Waals surface area contributed by atoms with Gasteiger partial charge in [-0.1, -0.05) is 0 Å². The molecule has 1 aromatic heterocycles. The molecule has 2 rings (SSSR count). The Morgan fingerprint density at radius 3 is 3.12 bits per heavy atom. The number of halogens is 1. The number of thiazole rings is 1. The van der Waals surface area contributed by atoms with Crippen LogP contribution in [0.1, 0.15) is 30.1 Å². The smallest absolute Gasteiger partial charge is 0.110 e. The molecular formula is C11H17ClN2S2. The molecule has 0 aromatic carbocycles. The van der Waals surface area contributed by atoms with E-state index in [0.717, 1.165) is 5.69 Å². The van der Waals surface area contributed by atoms with Gasteiger partial charge < -0.3 is 0 Å². The zero-order valence-corrected chi connectivity index (χ0v) is 11.9. The zero-order valence-electron chi connectivity index (χ0n) is 9.49. The van der Waals surface area contributed by atoms with Gasteiger partial charge in [0.05, 0.1) is 17.6 Å². The molecule has 0 saturated carbocycles. The van der Waals surface area contributed by atoms with E-state index in [9.17, 15) is 0 Å². The van der Waals surface area contributed by atoms with Crippen molar-refractivity contribution in [3.8, 4) is 0 Å². The Bertz CT molecular complexity index is 322. The van der Waals surface area contributed by atoms with Gasteiger partial charge in [-0.25, -0.2) is 4.98 Å². The first-order valence-electron chi connectivity index (χ1n) is 5.63. The van der Waals surface area contributed by atoms with E-state index in [0.29, 0.717) is 11.9 Å². The number of hydrogen-bond acceptors (Lipinski definition) is 4. The van der Waals surface area contributed by atoms with Gasteiger partial charge in [-0.15, -0.1) is 22.9 Å². The normalized spacial score (nSPS) is 20.6. The highest BCUT2D eigenvalue weighted by Gasteiger charge is 2.19. The van der Waals surface area contributed by atoms with Crippen LogP contribution >= 0.6 is 34.7 Å². The van der Waals surface area contributed by atoms with Crippen LogP contribution in [-0.2, 0) is 5.88 Å². The van der Waals surface area contributed by atoms with Crippen molar-refractivity contribution in [2.24, 2.45) is 0 Å². The quantitative estimate of drug-likeness (QED) is 0.788. The third-order valence-electron chi connectivity index (χ3n) is 2.87. The van der Waals surface area contributed by atoms with Crippen LogP contribution in [0.4, 0.5) is 0 Å². The van der Waals surface area contributed by atoms with Crippen LogP contribution in [0.5, 0.6) is 0 Å². The Morgan fingerprint density at radius 1 is 1.50 bits per heavy atom. The molecular weight excluding hydrogens is 260 g/mol. The number of nitrogens with zero attached hydrogens (tertiary/aromatic N) is 2. The Morgan fingerprint density at radius 2 is 2.38 bits per heavy atom. The number of thioether (sulfide) groups is 1. The van der Waals surface area contributed by atoms with Gasteiger partial charge in [0.1, 0.15) is 5.01 Å². The molecule has 0 amide bonds. The van der Waals surface area contributed by atoms with E-state index in [1.165, 1.54) is 36.0 Å². The monoisotopic (exact) mass is 276 g/mol. The van der Waals surface area contributed by atoms with Gasteiger partial charge in [-0.05, 0) is 25.6 Å². The van der Waals surface area contributed by atoms with Crippen molar-refractivity contribution < 1.29 is 0 Å². The summed E-state index contributed by atoms with van der Waals surface area (Å²) in [6.07, 6.45) is 1.29. The van der Waals surface area contributed by atoms with Crippen LogP contribution in [0, 0.1) is 0 Å². The third-order valence-corrected chi connectivity index (χ3v) is 5.25. The van der Waals surface area contributed by atoms with Gasteiger partial charge in [0.25, 0.3) is 0 Å². The number of hydrogen-bond donors (Lipinski definition) is 0. The maximum Gasteiger partial charge on any atom is 0.110 e. The zero-order chi connectivity index (χ0) is 11.4. The fourth-order valence-corrected chi connectivity index (χ4v) is 3.92. The van der Waals surface area contributed by atoms with Gasteiger partial charge in [-0.2, -0.15) is 11.8 Å². The second-order valence-corrected chi connectivity index (χ2v) is 6.37. The Labute approximate surface area is 110 Å². The predicted octanol–water partition coefficient (Wildman–Crippen LogP) is 3.38. The van der Waals surface area contributed by atoms with E-state index in [1.54, 1.807) is 11.3 Å². The van der Waals surface area contributed by atoms with Crippen molar-refractivity contribution in [2.45, 2.75) is 25.3 Å². The molecule has 2 nitrogen and oxygen atoms in total. The molecule has 2 heterocycles. The molecule has 90 valence electrons. The summed E-state index contributed by atoms with van der Waals surface area (Å²) in [6.45, 7) is 4.64. The van der Waals surface area contributed by atoms with Crippen LogP contribution in [0.2, 0.25) is 0 Å². The van der Waals surface area contributed by atoms with Gasteiger partial charge in [-0.3, -0.25) is 4.90 Å². The van der Waals surface area contributed by atoms with Crippen LogP contribution < -0.4 is 0 Å². The fourth-order valence-electron chi connectivity index (χ4n) is 1.88. The van der Waals surface area contributed by atoms with Crippen LogP contribution in [0.25, 0.3) is 0 Å². The average Bonchev–Trinajstić information content (AvgIpc) is 2.62. The second kappa shape index (κ2) is 6.24. The minimum absolute atomic E-state index is 0.445. The lowest BCUT2D eigenvalue weighted by molar-refractivity contribution is 0.227. The van der Waals surface area contributed by atoms with E-state index >= 15 is 0 Å². The summed E-state index contributed by atoms with van der Waals surface area (Å²) in [5.41, 5.74) is 1.01. The molecule has 0 aliphatic carbocycles. The molecule has 1 saturated heterocycles. The van der Waals surface area contributed by atoms with Crippen molar-refractivity contribution in [1.29, 1.82) is 0 Å². The summed E-state index contributed by atoms with van der Waals surface area (Å²) in [5.74, 6) is 3.07. The lowest BCUT2D eigenvalue weighted by atomic mass is 10.2. The summed E-state index contributed by atoms with van der Waals surface area (Å²) in [7, 11) is 0. The summed E-state index contributed by atoms with van der Waals surface area (Å²) in [6, 6.07) is 0.445. The molecule has 1 unspecified atom stereocenters. The fraction of sp³-hybridized carbons (Fsp3) is 0.727. The van der Waals surface area contributed by atoms with Gasteiger partial charge >= 0.3 is 0 Å². The molecule has 16 heavy (non-hydrogen) atoms. The molecule has 1 atom stereocenters. The number of rotatable bonds is 3. The number of aromatic nitrogens is 1. The highest BCUT2D eigenvalue weighted by atomic mass is 35.5. The van der Waals surface area contributed by atoms with Crippen molar-refractivity contribution in [1.82, 2.24) is 9.88 Å². The topological polar surface area (TPSA) is 16.1 Å². The van der Waals surface area contributed by atoms with Gasteiger partial charge in [0.2, 0.25) is 0 Å². The molecule has 1 fully saturated rings. The molecule has 0 radical (unpaired) electrons. The van der Waals surface area contributed by atoms with Crippen molar-refractivity contribution >= 4 is 34.7 Å². The SMILES string of the molecule is CC(c1nc(CCl)cs1)N1CCCSCC1. The maximum atomic E-state index is 5.78. The third kappa shape index (κ3) is 3.13. The minimum atomic E-state index is 0.445. The Kier molecular flexibility index (Phi) is 4.95. The van der Waals surface area contributed by atoms with Crippen molar-refractivity contribution in [3.05, 3.63) is 16.1 Å². The maximum absolute atomic E-state index is 5.78. The largest absolute Gasteiger partial charge is 0.293 e. The van der Waals surface area contributed by atoms with Gasteiger partial charge in [0.15, 0.2) is 0 Å². The lowest BCUT2D eigenvalue weighted by Crippen LogP contribution is -2.29. The first-order chi connectivity index (χ1) is 7.81. The molecule has 1 aliphatic heterocycles. The molecule has 1 aliphatic rings. The van der Waals surface area contributed by atoms with Crippen LogP contribution in [0.3, 0.4) is 0 Å². The molecule has 0 spiro atoms. The summed E-state index contributed by atoms with van der Waals surface area (Å²) in [4.78, 5) is 7.11. The summed E-state index contributed by atoms with van der Waals surface area (Å²) in [5, 5.41) is 3.29. The summed E-state index contributed by atoms with van der Waals surface area (Å²) < 4.78 is 0. The van der Waals surface area contributed by atoms with E-state index in [4.69, 9.17) is 11.6 Å². The van der Waals surface area contributed by atoms with E-state index in [1.807, 2.05) is 0 Å². The van der Waals surface area contributed by atoms with Crippen LogP contribution in [0.15, 0.2) is 5.38 Å². The standard InChI is InChI=1S/C11H17ClN2S2/c1-9(11-13-10(7-12)8-16-11)14-3-2-5-15-6-4-14/h8-9H,2-7H2,1H3. The molecule has 1 aromatic rings. The molecule has 5 heteroatoms. The average molecular weight is 277 g/mol. The molecule has 0 bridgehead atoms. The van der Waals surface area contributed by atoms with E-state index in [2.05, 4.69) is 33.9 Å².